The summed E-state index contributed by atoms with van der Waals surface area (Å²) < 4.78 is 10.5. The Kier molecular flexibility index (Phi) is 3.39. The largest absolute Gasteiger partial charge is 0.463 e. The zero-order valence-corrected chi connectivity index (χ0v) is 13.7. The molecule has 0 unspecified atom stereocenters. The molecule has 0 aliphatic rings. The molecule has 0 aliphatic carbocycles. The van der Waals surface area contributed by atoms with E-state index in [4.69, 9.17) is 8.94 Å². The Morgan fingerprint density at radius 3 is 2.96 bits per heavy atom. The fraction of sp³-hybridized carbons (Fsp3) is 0.125. The first-order valence-electron chi connectivity index (χ1n) is 7.16. The summed E-state index contributed by atoms with van der Waals surface area (Å²) >= 11 is 1.33. The predicted octanol–water partition coefficient (Wildman–Crippen LogP) is 3.81. The third kappa shape index (κ3) is 2.46. The predicted molar refractivity (Wildman–Crippen MR) is 89.0 cm³/mol. The summed E-state index contributed by atoms with van der Waals surface area (Å²) in [4.78, 5) is 21.3. The number of furan rings is 1. The monoisotopic (exact) mass is 340 g/mol. The molecule has 7 nitrogen and oxygen atoms in total. The van der Waals surface area contributed by atoms with Gasteiger partial charge in [0.05, 0.1) is 22.9 Å². The first-order valence-corrected chi connectivity index (χ1v) is 8.04. The van der Waals surface area contributed by atoms with Crippen LogP contribution in [0.5, 0.6) is 0 Å². The Morgan fingerprint density at radius 1 is 1.29 bits per heavy atom. The highest BCUT2D eigenvalue weighted by atomic mass is 32.1. The van der Waals surface area contributed by atoms with Crippen molar-refractivity contribution in [3.05, 3.63) is 46.8 Å². The van der Waals surface area contributed by atoms with Crippen LogP contribution in [0.1, 0.15) is 21.7 Å². The van der Waals surface area contributed by atoms with Crippen molar-refractivity contribution >= 4 is 33.5 Å². The lowest BCUT2D eigenvalue weighted by Crippen LogP contribution is -2.13. The molecular formula is C16H12N4O3S. The molecule has 0 saturated heterocycles. The smallest absolute Gasteiger partial charge is 0.258 e. The van der Waals surface area contributed by atoms with Crippen LogP contribution in [-0.2, 0) is 0 Å². The van der Waals surface area contributed by atoms with Crippen LogP contribution in [-0.4, -0.2) is 21.0 Å². The normalized spacial score (nSPS) is 11.1. The Bertz CT molecular complexity index is 1030. The van der Waals surface area contributed by atoms with E-state index in [-0.39, 0.29) is 5.91 Å². The number of hydrogen-bond acceptors (Lipinski definition) is 7. The molecule has 120 valence electrons. The molecular weight excluding hydrogens is 328 g/mol. The van der Waals surface area contributed by atoms with Crippen molar-refractivity contribution in [3.63, 3.8) is 0 Å². The number of aromatic nitrogens is 3. The average Bonchev–Trinajstić information content (AvgIpc) is 3.27. The van der Waals surface area contributed by atoms with Crippen LogP contribution in [0.15, 0.2) is 38.8 Å². The van der Waals surface area contributed by atoms with E-state index >= 15 is 0 Å². The number of hydrogen-bond donors (Lipinski definition) is 1. The molecule has 0 aromatic carbocycles. The number of anilines is 1. The lowest BCUT2D eigenvalue weighted by atomic mass is 10.1. The number of pyridine rings is 1. The molecule has 4 rings (SSSR count). The van der Waals surface area contributed by atoms with Crippen LogP contribution < -0.4 is 5.32 Å². The molecule has 0 bridgehead atoms. The second-order valence-corrected chi connectivity index (χ2v) is 6.09. The highest BCUT2D eigenvalue weighted by Crippen LogP contribution is 2.27. The summed E-state index contributed by atoms with van der Waals surface area (Å²) in [6.07, 6.45) is 1.58. The van der Waals surface area contributed by atoms with E-state index in [0.29, 0.717) is 44.6 Å². The average molecular weight is 340 g/mol. The maximum Gasteiger partial charge on any atom is 0.258 e. The SMILES string of the molecule is Cc1cc(C(=O)Nc2nc(-c3ccco3)cs2)c2c(C)noc2n1. The van der Waals surface area contributed by atoms with Gasteiger partial charge in [-0.2, -0.15) is 0 Å². The highest BCUT2D eigenvalue weighted by Gasteiger charge is 2.19. The summed E-state index contributed by atoms with van der Waals surface area (Å²) in [5, 5.41) is 9.62. The summed E-state index contributed by atoms with van der Waals surface area (Å²) in [6.45, 7) is 3.57. The molecule has 0 fully saturated rings. The van der Waals surface area contributed by atoms with Crippen molar-refractivity contribution in [2.24, 2.45) is 0 Å². The van der Waals surface area contributed by atoms with Crippen molar-refractivity contribution in [3.8, 4) is 11.5 Å². The Labute approximate surface area is 140 Å². The van der Waals surface area contributed by atoms with Crippen LogP contribution in [0.3, 0.4) is 0 Å². The number of rotatable bonds is 3. The van der Waals surface area contributed by atoms with E-state index in [1.807, 2.05) is 11.4 Å². The second kappa shape index (κ2) is 5.57. The quantitative estimate of drug-likeness (QED) is 0.609. The summed E-state index contributed by atoms with van der Waals surface area (Å²) in [5.74, 6) is 0.376. The van der Waals surface area contributed by atoms with Crippen LogP contribution in [0, 0.1) is 13.8 Å². The first kappa shape index (κ1) is 14.6. The number of carbonyl (C=O) groups is 1. The van der Waals surface area contributed by atoms with E-state index in [9.17, 15) is 4.79 Å². The van der Waals surface area contributed by atoms with Crippen LogP contribution in [0.25, 0.3) is 22.6 Å². The molecule has 24 heavy (non-hydrogen) atoms. The molecule has 0 spiro atoms. The molecule has 1 N–H and O–H groups in total. The maximum absolute atomic E-state index is 12.7. The zero-order chi connectivity index (χ0) is 16.7. The van der Waals surface area contributed by atoms with E-state index in [1.165, 1.54) is 11.3 Å². The standard InChI is InChI=1S/C16H12N4O3S/c1-8-6-10(13-9(2)20-23-15(13)17-8)14(21)19-16-18-11(7-24-16)12-4-3-5-22-12/h3-7H,1-2H3,(H,18,19,21). The van der Waals surface area contributed by atoms with Crippen molar-refractivity contribution in [1.82, 2.24) is 15.1 Å². The molecule has 0 radical (unpaired) electrons. The summed E-state index contributed by atoms with van der Waals surface area (Å²) in [5.41, 5.74) is 2.80. The number of nitrogens with one attached hydrogen (secondary N) is 1. The van der Waals surface area contributed by atoms with E-state index in [0.717, 1.165) is 0 Å². The Balaban J connectivity index is 1.67. The number of thiazole rings is 1. The molecule has 0 aliphatic heterocycles. The van der Waals surface area contributed by atoms with Crippen molar-refractivity contribution in [2.75, 3.05) is 5.32 Å². The molecule has 1 amide bonds. The highest BCUT2D eigenvalue weighted by molar-refractivity contribution is 7.14. The minimum Gasteiger partial charge on any atom is -0.463 e. The van der Waals surface area contributed by atoms with Gasteiger partial charge in [0.25, 0.3) is 11.6 Å². The fourth-order valence-electron chi connectivity index (χ4n) is 2.43. The third-order valence-electron chi connectivity index (χ3n) is 3.49. The van der Waals surface area contributed by atoms with Gasteiger partial charge in [0.1, 0.15) is 5.69 Å². The molecule has 0 atom stereocenters. The van der Waals surface area contributed by atoms with E-state index in [2.05, 4.69) is 20.4 Å². The van der Waals surface area contributed by atoms with Gasteiger partial charge >= 0.3 is 0 Å². The second-order valence-electron chi connectivity index (χ2n) is 5.23. The van der Waals surface area contributed by atoms with Crippen LogP contribution in [0.2, 0.25) is 0 Å². The van der Waals surface area contributed by atoms with E-state index < -0.39 is 0 Å². The van der Waals surface area contributed by atoms with Gasteiger partial charge in [-0.1, -0.05) is 5.16 Å². The van der Waals surface area contributed by atoms with E-state index in [1.54, 1.807) is 32.2 Å². The van der Waals surface area contributed by atoms with Gasteiger partial charge in [0, 0.05) is 11.1 Å². The lowest BCUT2D eigenvalue weighted by molar-refractivity contribution is 0.102. The van der Waals surface area contributed by atoms with Gasteiger partial charge in [0.15, 0.2) is 10.9 Å². The van der Waals surface area contributed by atoms with Gasteiger partial charge in [0.2, 0.25) is 0 Å². The summed E-state index contributed by atoms with van der Waals surface area (Å²) in [6, 6.07) is 5.32. The Hall–Kier alpha value is -3.00. The topological polar surface area (TPSA) is 94.1 Å². The lowest BCUT2D eigenvalue weighted by Gasteiger charge is -2.04. The van der Waals surface area contributed by atoms with Gasteiger partial charge in [-0.3, -0.25) is 10.1 Å². The number of amides is 1. The number of aryl methyl sites for hydroxylation is 2. The van der Waals surface area contributed by atoms with Gasteiger partial charge in [-0.15, -0.1) is 11.3 Å². The fourth-order valence-corrected chi connectivity index (χ4v) is 3.12. The number of nitrogens with zero attached hydrogens (tertiary/aromatic N) is 3. The van der Waals surface area contributed by atoms with Gasteiger partial charge < -0.3 is 8.94 Å². The Morgan fingerprint density at radius 2 is 2.17 bits per heavy atom. The summed E-state index contributed by atoms with van der Waals surface area (Å²) in [7, 11) is 0. The molecule has 4 heterocycles. The van der Waals surface area contributed by atoms with Crippen molar-refractivity contribution in [1.29, 1.82) is 0 Å². The van der Waals surface area contributed by atoms with Gasteiger partial charge in [-0.05, 0) is 32.0 Å². The first-order chi connectivity index (χ1) is 11.6. The molecule has 4 aromatic rings. The number of carbonyl (C=O) groups excluding carboxylic acids is 1. The van der Waals surface area contributed by atoms with Crippen LogP contribution in [0.4, 0.5) is 5.13 Å². The maximum atomic E-state index is 12.7. The van der Waals surface area contributed by atoms with Gasteiger partial charge in [-0.25, -0.2) is 9.97 Å². The zero-order valence-electron chi connectivity index (χ0n) is 12.9. The molecule has 0 saturated carbocycles. The molecule has 4 aromatic heterocycles. The van der Waals surface area contributed by atoms with Crippen molar-refractivity contribution in [2.45, 2.75) is 13.8 Å². The number of fused-ring (bicyclic) bond motifs is 1. The molecule has 8 heteroatoms. The minimum atomic E-state index is -0.280. The van der Waals surface area contributed by atoms with Crippen molar-refractivity contribution < 1.29 is 13.7 Å². The third-order valence-corrected chi connectivity index (χ3v) is 4.25. The minimum absolute atomic E-state index is 0.280. The van der Waals surface area contributed by atoms with Crippen LogP contribution >= 0.6 is 11.3 Å².